The van der Waals surface area contributed by atoms with E-state index in [0.29, 0.717) is 22.2 Å². The molecule has 5 rings (SSSR count). The highest BCUT2D eigenvalue weighted by Crippen LogP contribution is 2.45. The summed E-state index contributed by atoms with van der Waals surface area (Å²) in [5.41, 5.74) is 11.4. The first-order valence-corrected chi connectivity index (χ1v) is 23.4. The predicted octanol–water partition coefficient (Wildman–Crippen LogP) is 12.9. The predicted molar refractivity (Wildman–Crippen MR) is 238 cm³/mol. The maximum atomic E-state index is 5.97. The first-order chi connectivity index (χ1) is 25.5. The standard InChI is InChI=1S/C48H58O4Si2/c1-29(2)53(30(3)4,31(5)6)23-21-35-37-25-41-43(47(51-15)19-17-45(41)49-13)27-39(37)36(22-24-54(32(7)8,33(9)10)34(11)12)40-28-44-42(26-38(35)40)46(50-14)18-20-48(44)52-16/h17-20,25-28,30-31,33-34H,1,7H2,2-6,8-16H3. The number of hydrogen-bond acceptors (Lipinski definition) is 4. The minimum atomic E-state index is -2.33. The van der Waals surface area contributed by atoms with Crippen molar-refractivity contribution >= 4 is 59.2 Å². The van der Waals surface area contributed by atoms with E-state index >= 15 is 0 Å². The Labute approximate surface area is 325 Å². The number of benzene rings is 5. The van der Waals surface area contributed by atoms with Gasteiger partial charge in [-0.3, -0.25) is 0 Å². The highest BCUT2D eigenvalue weighted by Gasteiger charge is 2.41. The van der Waals surface area contributed by atoms with Crippen molar-refractivity contribution < 1.29 is 18.9 Å². The molecule has 0 unspecified atom stereocenters. The van der Waals surface area contributed by atoms with Crippen LogP contribution in [0.2, 0.25) is 22.2 Å². The van der Waals surface area contributed by atoms with Crippen LogP contribution in [0.15, 0.2) is 72.1 Å². The quantitative estimate of drug-likeness (QED) is 0.0808. The summed E-state index contributed by atoms with van der Waals surface area (Å²) in [6, 6.07) is 16.8. The van der Waals surface area contributed by atoms with E-state index in [2.05, 4.69) is 130 Å². The zero-order valence-electron chi connectivity index (χ0n) is 35.0. The second-order valence-corrected chi connectivity index (χ2v) is 26.3. The lowest BCUT2D eigenvalue weighted by molar-refractivity contribution is 0.410. The highest BCUT2D eigenvalue weighted by atomic mass is 28.3. The van der Waals surface area contributed by atoms with Gasteiger partial charge in [0.15, 0.2) is 16.1 Å². The lowest BCUT2D eigenvalue weighted by Crippen LogP contribution is -2.41. The minimum Gasteiger partial charge on any atom is -0.496 e. The van der Waals surface area contributed by atoms with Crippen molar-refractivity contribution in [1.82, 2.24) is 0 Å². The molecule has 5 aromatic rings. The minimum absolute atomic E-state index is 0.382. The summed E-state index contributed by atoms with van der Waals surface area (Å²) < 4.78 is 23.9. The molecular weight excluding hydrogens is 697 g/mol. The molecule has 0 heterocycles. The van der Waals surface area contributed by atoms with Crippen LogP contribution in [0.25, 0.3) is 43.1 Å². The van der Waals surface area contributed by atoms with Crippen LogP contribution in [-0.2, 0) is 0 Å². The van der Waals surface area contributed by atoms with Gasteiger partial charge in [-0.2, -0.15) is 0 Å². The van der Waals surface area contributed by atoms with Crippen LogP contribution in [0, 0.1) is 22.9 Å². The van der Waals surface area contributed by atoms with E-state index in [0.717, 1.165) is 77.2 Å². The summed E-state index contributed by atoms with van der Waals surface area (Å²) in [5, 5.41) is 10.3. The Morgan fingerprint density at radius 1 is 0.444 bits per heavy atom. The maximum Gasteiger partial charge on any atom is 0.169 e. The third-order valence-corrected chi connectivity index (χ3v) is 23.1. The molecule has 54 heavy (non-hydrogen) atoms. The molecule has 0 aliphatic heterocycles. The number of fused-ring (bicyclic) bond motifs is 4. The molecule has 0 saturated carbocycles. The van der Waals surface area contributed by atoms with Crippen molar-refractivity contribution in [2.75, 3.05) is 28.4 Å². The first-order valence-electron chi connectivity index (χ1n) is 19.1. The zero-order valence-corrected chi connectivity index (χ0v) is 37.0. The number of allylic oxidation sites excluding steroid dienone is 2. The normalized spacial score (nSPS) is 12.0. The Bertz CT molecular complexity index is 2130. The molecule has 0 aliphatic carbocycles. The van der Waals surface area contributed by atoms with E-state index < -0.39 is 16.1 Å². The van der Waals surface area contributed by atoms with E-state index in [1.54, 1.807) is 28.4 Å². The molecule has 0 fully saturated rings. The van der Waals surface area contributed by atoms with Crippen LogP contribution in [0.4, 0.5) is 0 Å². The molecule has 0 bridgehead atoms. The first kappa shape index (κ1) is 40.6. The molecule has 0 aromatic heterocycles. The van der Waals surface area contributed by atoms with Gasteiger partial charge in [-0.25, -0.2) is 0 Å². The van der Waals surface area contributed by atoms with Crippen molar-refractivity contribution in [3.8, 4) is 45.9 Å². The Morgan fingerprint density at radius 3 is 0.833 bits per heavy atom. The molecule has 282 valence electrons. The molecule has 0 saturated heterocycles. The van der Waals surface area contributed by atoms with E-state index in [9.17, 15) is 0 Å². The summed E-state index contributed by atoms with van der Waals surface area (Å²) in [7, 11) is 2.21. The lowest BCUT2D eigenvalue weighted by atomic mass is 9.88. The van der Waals surface area contributed by atoms with Crippen molar-refractivity contribution in [3.05, 3.63) is 83.2 Å². The summed E-state index contributed by atoms with van der Waals surface area (Å²) in [6.45, 7) is 31.9. The Hall–Kier alpha value is -4.63. The van der Waals surface area contributed by atoms with Crippen LogP contribution < -0.4 is 18.9 Å². The average molecular weight is 755 g/mol. The van der Waals surface area contributed by atoms with Gasteiger partial charge in [0.1, 0.15) is 23.0 Å². The van der Waals surface area contributed by atoms with Crippen molar-refractivity contribution in [1.29, 1.82) is 0 Å². The Morgan fingerprint density at radius 2 is 0.667 bits per heavy atom. The largest absolute Gasteiger partial charge is 0.496 e. The summed E-state index contributed by atoms with van der Waals surface area (Å²) in [6.07, 6.45) is 0. The summed E-state index contributed by atoms with van der Waals surface area (Å²) in [5.74, 6) is 10.9. The van der Waals surface area contributed by atoms with E-state index in [1.165, 1.54) is 10.4 Å². The van der Waals surface area contributed by atoms with Gasteiger partial charge in [0.05, 0.1) is 28.4 Å². The fraction of sp³-hybridized carbons (Fsp3) is 0.375. The molecule has 0 atom stereocenters. The van der Waals surface area contributed by atoms with Gasteiger partial charge in [0.25, 0.3) is 0 Å². The van der Waals surface area contributed by atoms with Gasteiger partial charge < -0.3 is 18.9 Å². The van der Waals surface area contributed by atoms with Crippen LogP contribution in [0.5, 0.6) is 23.0 Å². The molecular formula is C48H58O4Si2. The molecule has 0 amide bonds. The van der Waals surface area contributed by atoms with E-state index in [1.807, 2.05) is 24.3 Å². The molecule has 0 aliphatic rings. The van der Waals surface area contributed by atoms with Crippen molar-refractivity contribution in [3.63, 3.8) is 0 Å². The molecule has 6 heteroatoms. The molecule has 0 N–H and O–H groups in total. The Kier molecular flexibility index (Phi) is 11.7. The SMILES string of the molecule is C=C(C)[Si](C#Cc1c2cc3c(OC)ccc(OC)c3cc2c(C#C[Si](C(=C)C)(C(C)C)C(C)C)c2cc3c(OC)ccc(OC)c3cc12)(C(C)C)C(C)C. The number of hydrogen-bond donors (Lipinski definition) is 0. The van der Waals surface area contributed by atoms with E-state index in [-0.39, 0.29) is 0 Å². The van der Waals surface area contributed by atoms with E-state index in [4.69, 9.17) is 18.9 Å². The van der Waals surface area contributed by atoms with Gasteiger partial charge in [0, 0.05) is 32.7 Å². The monoisotopic (exact) mass is 754 g/mol. The van der Waals surface area contributed by atoms with Crippen LogP contribution in [0.3, 0.4) is 0 Å². The zero-order chi connectivity index (χ0) is 39.9. The van der Waals surface area contributed by atoms with Crippen LogP contribution in [-0.4, -0.2) is 44.6 Å². The third-order valence-electron chi connectivity index (χ3n) is 12.0. The molecule has 4 nitrogen and oxygen atoms in total. The van der Waals surface area contributed by atoms with Gasteiger partial charge >= 0.3 is 0 Å². The molecule has 5 aromatic carbocycles. The fourth-order valence-corrected chi connectivity index (χ4v) is 18.1. The van der Waals surface area contributed by atoms with Gasteiger partial charge in [-0.15, -0.1) is 24.2 Å². The summed E-state index contributed by atoms with van der Waals surface area (Å²) in [4.78, 5) is 0. The fourth-order valence-electron chi connectivity index (χ4n) is 9.20. The number of rotatable bonds is 10. The second-order valence-electron chi connectivity index (χ2n) is 16.0. The smallest absolute Gasteiger partial charge is 0.169 e. The average Bonchev–Trinajstić information content (AvgIpc) is 3.12. The molecule has 0 radical (unpaired) electrons. The topological polar surface area (TPSA) is 36.9 Å². The van der Waals surface area contributed by atoms with Crippen molar-refractivity contribution in [2.45, 2.75) is 91.4 Å². The van der Waals surface area contributed by atoms with Crippen LogP contribution in [0.1, 0.15) is 80.4 Å². The Balaban J connectivity index is 2.18. The maximum absolute atomic E-state index is 5.97. The van der Waals surface area contributed by atoms with Crippen LogP contribution >= 0.6 is 0 Å². The third kappa shape index (κ3) is 6.48. The van der Waals surface area contributed by atoms with Gasteiger partial charge in [0.2, 0.25) is 0 Å². The van der Waals surface area contributed by atoms with Gasteiger partial charge in [-0.05, 0) is 106 Å². The van der Waals surface area contributed by atoms with Gasteiger partial charge in [-0.1, -0.05) is 77.6 Å². The summed E-state index contributed by atoms with van der Waals surface area (Å²) >= 11 is 0. The number of methoxy groups -OCH3 is 4. The number of ether oxygens (including phenoxy) is 4. The highest BCUT2D eigenvalue weighted by molar-refractivity contribution is 6.96. The molecule has 0 spiro atoms. The lowest BCUT2D eigenvalue weighted by Gasteiger charge is -2.35. The second kappa shape index (κ2) is 15.6. The van der Waals surface area contributed by atoms with Crippen molar-refractivity contribution in [2.24, 2.45) is 0 Å².